The largest absolute Gasteiger partial charge is 0.333 e. The van der Waals surface area contributed by atoms with Gasteiger partial charge in [0.2, 0.25) is 0 Å². The Hall–Kier alpha value is -0.770. The van der Waals surface area contributed by atoms with Crippen molar-refractivity contribution in [2.45, 2.75) is 39.3 Å². The average molecular weight is 187 g/mol. The van der Waals surface area contributed by atoms with E-state index in [9.17, 15) is 4.79 Å². The standard InChI is InChI=1S/C9H21N3O/c1-7(6-10)12(5)8(13)11-9(2,3)4/h7H,6,10H2,1-5H3,(H,11,13). The van der Waals surface area contributed by atoms with Gasteiger partial charge >= 0.3 is 6.03 Å². The van der Waals surface area contributed by atoms with Crippen LogP contribution in [0.5, 0.6) is 0 Å². The van der Waals surface area contributed by atoms with E-state index >= 15 is 0 Å². The van der Waals surface area contributed by atoms with E-state index in [-0.39, 0.29) is 17.6 Å². The van der Waals surface area contributed by atoms with E-state index in [1.807, 2.05) is 27.7 Å². The normalized spacial score (nSPS) is 13.7. The van der Waals surface area contributed by atoms with Crippen LogP contribution in [0.2, 0.25) is 0 Å². The second-order valence-electron chi connectivity index (χ2n) is 4.38. The lowest BCUT2D eigenvalue weighted by Crippen LogP contribution is -2.51. The number of hydrogen-bond donors (Lipinski definition) is 2. The van der Waals surface area contributed by atoms with Gasteiger partial charge in [0, 0.05) is 25.2 Å². The zero-order valence-corrected chi connectivity index (χ0v) is 9.22. The molecule has 13 heavy (non-hydrogen) atoms. The van der Waals surface area contributed by atoms with Gasteiger partial charge in [0.25, 0.3) is 0 Å². The zero-order chi connectivity index (χ0) is 10.6. The number of likely N-dealkylation sites (N-methyl/N-ethyl adjacent to an activating group) is 1. The van der Waals surface area contributed by atoms with E-state index in [4.69, 9.17) is 5.73 Å². The molecule has 0 bridgehead atoms. The van der Waals surface area contributed by atoms with Crippen LogP contribution < -0.4 is 11.1 Å². The van der Waals surface area contributed by atoms with Crippen molar-refractivity contribution >= 4 is 6.03 Å². The van der Waals surface area contributed by atoms with Crippen LogP contribution in [-0.2, 0) is 0 Å². The minimum Gasteiger partial charge on any atom is -0.333 e. The summed E-state index contributed by atoms with van der Waals surface area (Å²) in [5.41, 5.74) is 5.26. The molecule has 1 atom stereocenters. The third-order valence-electron chi connectivity index (χ3n) is 1.80. The molecule has 0 aliphatic rings. The number of hydrogen-bond acceptors (Lipinski definition) is 2. The van der Waals surface area contributed by atoms with E-state index in [1.54, 1.807) is 11.9 Å². The number of urea groups is 1. The van der Waals surface area contributed by atoms with Crippen LogP contribution in [0.4, 0.5) is 4.79 Å². The number of carbonyl (C=O) groups is 1. The molecule has 3 N–H and O–H groups in total. The van der Waals surface area contributed by atoms with Crippen molar-refractivity contribution in [3.05, 3.63) is 0 Å². The smallest absolute Gasteiger partial charge is 0.317 e. The molecule has 0 rings (SSSR count). The van der Waals surface area contributed by atoms with Gasteiger partial charge < -0.3 is 16.0 Å². The first kappa shape index (κ1) is 12.2. The number of nitrogens with one attached hydrogen (secondary N) is 1. The van der Waals surface area contributed by atoms with Gasteiger partial charge in [-0.05, 0) is 27.7 Å². The molecule has 0 saturated heterocycles. The number of nitrogens with zero attached hydrogens (tertiary/aromatic N) is 1. The molecule has 4 heteroatoms. The van der Waals surface area contributed by atoms with Crippen molar-refractivity contribution in [3.63, 3.8) is 0 Å². The molecule has 1 unspecified atom stereocenters. The molecular weight excluding hydrogens is 166 g/mol. The molecule has 0 aliphatic carbocycles. The summed E-state index contributed by atoms with van der Waals surface area (Å²) in [5, 5.41) is 2.87. The van der Waals surface area contributed by atoms with Crippen molar-refractivity contribution < 1.29 is 4.79 Å². The Morgan fingerprint density at radius 1 is 1.54 bits per heavy atom. The van der Waals surface area contributed by atoms with Crippen LogP contribution in [0, 0.1) is 0 Å². The fourth-order valence-corrected chi connectivity index (χ4v) is 0.767. The van der Waals surface area contributed by atoms with E-state index in [0.29, 0.717) is 6.54 Å². The molecule has 4 nitrogen and oxygen atoms in total. The fourth-order valence-electron chi connectivity index (χ4n) is 0.767. The van der Waals surface area contributed by atoms with Crippen molar-refractivity contribution in [2.24, 2.45) is 5.73 Å². The van der Waals surface area contributed by atoms with Gasteiger partial charge in [-0.2, -0.15) is 0 Å². The Bertz CT molecular complexity index is 174. The summed E-state index contributed by atoms with van der Waals surface area (Å²) < 4.78 is 0. The SMILES string of the molecule is CC(CN)N(C)C(=O)NC(C)(C)C. The molecule has 78 valence electrons. The highest BCUT2D eigenvalue weighted by molar-refractivity contribution is 5.74. The van der Waals surface area contributed by atoms with Crippen LogP contribution in [-0.4, -0.2) is 36.1 Å². The molecule has 0 aromatic rings. The van der Waals surface area contributed by atoms with Gasteiger partial charge in [0.05, 0.1) is 0 Å². The minimum atomic E-state index is -0.195. The molecule has 0 radical (unpaired) electrons. The molecule has 2 amide bonds. The molecule has 0 aromatic heterocycles. The van der Waals surface area contributed by atoms with Gasteiger partial charge in [-0.25, -0.2) is 4.79 Å². The highest BCUT2D eigenvalue weighted by Gasteiger charge is 2.19. The molecule has 0 saturated carbocycles. The Morgan fingerprint density at radius 3 is 2.31 bits per heavy atom. The first-order valence-corrected chi connectivity index (χ1v) is 4.53. The zero-order valence-electron chi connectivity index (χ0n) is 9.22. The maximum atomic E-state index is 11.5. The summed E-state index contributed by atoms with van der Waals surface area (Å²) in [6, 6.07) is -0.00667. The Kier molecular flexibility index (Phi) is 4.20. The van der Waals surface area contributed by atoms with Crippen molar-refractivity contribution in [1.29, 1.82) is 0 Å². The second-order valence-corrected chi connectivity index (χ2v) is 4.38. The predicted octanol–water partition coefficient (Wildman–Crippen LogP) is 0.773. The Labute approximate surface area is 80.5 Å². The van der Waals surface area contributed by atoms with E-state index in [0.717, 1.165) is 0 Å². The summed E-state index contributed by atoms with van der Waals surface area (Å²) in [6.45, 7) is 8.25. The summed E-state index contributed by atoms with van der Waals surface area (Å²) in [7, 11) is 1.75. The van der Waals surface area contributed by atoms with Gasteiger partial charge in [0.15, 0.2) is 0 Å². The highest BCUT2D eigenvalue weighted by atomic mass is 16.2. The van der Waals surface area contributed by atoms with Crippen LogP contribution in [0.3, 0.4) is 0 Å². The summed E-state index contributed by atoms with van der Waals surface area (Å²) >= 11 is 0. The highest BCUT2D eigenvalue weighted by Crippen LogP contribution is 2.01. The topological polar surface area (TPSA) is 58.4 Å². The van der Waals surface area contributed by atoms with Crippen molar-refractivity contribution in [1.82, 2.24) is 10.2 Å². The second kappa shape index (κ2) is 4.46. The van der Waals surface area contributed by atoms with Gasteiger partial charge in [-0.15, -0.1) is 0 Å². The van der Waals surface area contributed by atoms with E-state index < -0.39 is 0 Å². The third-order valence-corrected chi connectivity index (χ3v) is 1.80. The van der Waals surface area contributed by atoms with Crippen LogP contribution in [0.15, 0.2) is 0 Å². The first-order chi connectivity index (χ1) is 5.78. The molecule has 0 heterocycles. The van der Waals surface area contributed by atoms with Crippen molar-refractivity contribution in [2.75, 3.05) is 13.6 Å². The number of nitrogens with two attached hydrogens (primary N) is 1. The monoisotopic (exact) mass is 187 g/mol. The fraction of sp³-hybridized carbons (Fsp3) is 0.889. The minimum absolute atomic E-state index is 0.0716. The molecular formula is C9H21N3O. The lowest BCUT2D eigenvalue weighted by atomic mass is 10.1. The number of rotatable bonds is 2. The van der Waals surface area contributed by atoms with Gasteiger partial charge in [-0.3, -0.25) is 0 Å². The summed E-state index contributed by atoms with van der Waals surface area (Å²) in [6.07, 6.45) is 0. The predicted molar refractivity (Wildman–Crippen MR) is 54.6 cm³/mol. The lowest BCUT2D eigenvalue weighted by molar-refractivity contribution is 0.186. The number of carbonyl (C=O) groups excluding carboxylic acids is 1. The molecule has 0 fully saturated rings. The Balaban J connectivity index is 4.12. The van der Waals surface area contributed by atoms with Crippen LogP contribution in [0.1, 0.15) is 27.7 Å². The van der Waals surface area contributed by atoms with Gasteiger partial charge in [0.1, 0.15) is 0 Å². The van der Waals surface area contributed by atoms with Gasteiger partial charge in [-0.1, -0.05) is 0 Å². The average Bonchev–Trinajstić information content (AvgIpc) is 1.98. The summed E-state index contributed by atoms with van der Waals surface area (Å²) in [5.74, 6) is 0. The van der Waals surface area contributed by atoms with E-state index in [2.05, 4.69) is 5.32 Å². The quantitative estimate of drug-likeness (QED) is 0.671. The third kappa shape index (κ3) is 4.72. The van der Waals surface area contributed by atoms with Crippen molar-refractivity contribution in [3.8, 4) is 0 Å². The molecule has 0 spiro atoms. The van der Waals surface area contributed by atoms with Crippen LogP contribution >= 0.6 is 0 Å². The lowest BCUT2D eigenvalue weighted by Gasteiger charge is -2.29. The Morgan fingerprint density at radius 2 is 2.00 bits per heavy atom. The number of amides is 2. The van der Waals surface area contributed by atoms with Crippen LogP contribution in [0.25, 0.3) is 0 Å². The summed E-state index contributed by atoms with van der Waals surface area (Å²) in [4.78, 5) is 13.1. The molecule has 0 aromatic carbocycles. The maximum Gasteiger partial charge on any atom is 0.317 e. The molecule has 0 aliphatic heterocycles. The van der Waals surface area contributed by atoms with E-state index in [1.165, 1.54) is 0 Å². The first-order valence-electron chi connectivity index (χ1n) is 4.53. The maximum absolute atomic E-state index is 11.5.